The predicted molar refractivity (Wildman–Crippen MR) is 100 cm³/mol. The number of hydrogen-bond donors (Lipinski definition) is 1. The van der Waals surface area contributed by atoms with Crippen molar-refractivity contribution in [2.45, 2.75) is 6.92 Å². The number of amides is 1. The third-order valence-electron chi connectivity index (χ3n) is 3.50. The standard InChI is InChI=1S/C19H14Cl2N2O2/c1-12-2-4-13(5-3-12)19(24)23-22-11-15-7-9-18(25-15)14-6-8-16(20)17(21)10-14/h2-11H,1H3,(H,23,24). The SMILES string of the molecule is Cc1ccc(C(=O)NN=Cc2ccc(-c3ccc(Cl)c(Cl)c3)o2)cc1. The van der Waals surface area contributed by atoms with Gasteiger partial charge in [0.05, 0.1) is 16.3 Å². The molecular formula is C19H14Cl2N2O2. The van der Waals surface area contributed by atoms with E-state index in [1.807, 2.05) is 25.1 Å². The zero-order valence-corrected chi connectivity index (χ0v) is 14.8. The fourth-order valence-corrected chi connectivity index (χ4v) is 2.45. The molecule has 0 aliphatic carbocycles. The van der Waals surface area contributed by atoms with Gasteiger partial charge in [0.15, 0.2) is 0 Å². The van der Waals surface area contributed by atoms with Crippen molar-refractivity contribution in [3.8, 4) is 11.3 Å². The van der Waals surface area contributed by atoms with Crippen LogP contribution in [0, 0.1) is 6.92 Å². The maximum atomic E-state index is 12.0. The number of furan rings is 1. The molecule has 3 rings (SSSR count). The van der Waals surface area contributed by atoms with Crippen LogP contribution in [0.4, 0.5) is 0 Å². The van der Waals surface area contributed by atoms with E-state index in [0.29, 0.717) is 27.1 Å². The van der Waals surface area contributed by atoms with Crippen molar-refractivity contribution in [2.24, 2.45) is 5.10 Å². The smallest absolute Gasteiger partial charge is 0.271 e. The Morgan fingerprint density at radius 2 is 1.80 bits per heavy atom. The summed E-state index contributed by atoms with van der Waals surface area (Å²) in [5, 5.41) is 4.85. The molecule has 0 fully saturated rings. The van der Waals surface area contributed by atoms with Crippen molar-refractivity contribution in [1.82, 2.24) is 5.43 Å². The molecule has 3 aromatic rings. The number of hydrogen-bond acceptors (Lipinski definition) is 3. The van der Waals surface area contributed by atoms with E-state index in [9.17, 15) is 4.79 Å². The highest BCUT2D eigenvalue weighted by Gasteiger charge is 2.07. The average molecular weight is 373 g/mol. The van der Waals surface area contributed by atoms with Gasteiger partial charge in [-0.3, -0.25) is 4.79 Å². The largest absolute Gasteiger partial charge is 0.455 e. The van der Waals surface area contributed by atoms with Gasteiger partial charge in [-0.25, -0.2) is 5.43 Å². The molecule has 1 heterocycles. The van der Waals surface area contributed by atoms with E-state index in [1.165, 1.54) is 6.21 Å². The molecule has 0 atom stereocenters. The van der Waals surface area contributed by atoms with Crippen LogP contribution in [0.2, 0.25) is 10.0 Å². The van der Waals surface area contributed by atoms with Gasteiger partial charge in [0.25, 0.3) is 5.91 Å². The number of nitrogens with one attached hydrogen (secondary N) is 1. The normalized spacial score (nSPS) is 11.0. The Morgan fingerprint density at radius 1 is 1.04 bits per heavy atom. The molecule has 126 valence electrons. The van der Waals surface area contributed by atoms with Gasteiger partial charge in [-0.2, -0.15) is 5.10 Å². The molecule has 0 aliphatic rings. The molecule has 2 aromatic carbocycles. The summed E-state index contributed by atoms with van der Waals surface area (Å²) in [6.07, 6.45) is 1.44. The Morgan fingerprint density at radius 3 is 2.52 bits per heavy atom. The highest BCUT2D eigenvalue weighted by molar-refractivity contribution is 6.42. The number of aryl methyl sites for hydroxylation is 1. The lowest BCUT2D eigenvalue weighted by Gasteiger charge is -2.00. The minimum Gasteiger partial charge on any atom is -0.455 e. The van der Waals surface area contributed by atoms with Crippen LogP contribution >= 0.6 is 23.2 Å². The van der Waals surface area contributed by atoms with Crippen molar-refractivity contribution in [3.63, 3.8) is 0 Å². The van der Waals surface area contributed by atoms with E-state index in [2.05, 4.69) is 10.5 Å². The predicted octanol–water partition coefficient (Wildman–Crippen LogP) is 5.33. The van der Waals surface area contributed by atoms with Crippen LogP contribution < -0.4 is 5.43 Å². The zero-order chi connectivity index (χ0) is 17.8. The summed E-state index contributed by atoms with van der Waals surface area (Å²) in [4.78, 5) is 12.0. The first kappa shape index (κ1) is 17.3. The summed E-state index contributed by atoms with van der Waals surface area (Å²) in [6, 6.07) is 16.0. The first-order valence-corrected chi connectivity index (χ1v) is 8.24. The van der Waals surface area contributed by atoms with Gasteiger partial charge in [0.1, 0.15) is 11.5 Å². The van der Waals surface area contributed by atoms with Crippen molar-refractivity contribution < 1.29 is 9.21 Å². The molecule has 0 aliphatic heterocycles. The van der Waals surface area contributed by atoms with Crippen molar-refractivity contribution in [1.29, 1.82) is 0 Å². The number of carbonyl (C=O) groups excluding carboxylic acids is 1. The van der Waals surface area contributed by atoms with Crippen molar-refractivity contribution >= 4 is 35.3 Å². The summed E-state index contributed by atoms with van der Waals surface area (Å²) in [7, 11) is 0. The highest BCUT2D eigenvalue weighted by Crippen LogP contribution is 2.29. The zero-order valence-electron chi connectivity index (χ0n) is 13.3. The summed E-state index contributed by atoms with van der Waals surface area (Å²) in [5.74, 6) is 0.850. The Labute approximate surface area is 155 Å². The van der Waals surface area contributed by atoms with E-state index in [1.54, 1.807) is 36.4 Å². The third-order valence-corrected chi connectivity index (χ3v) is 4.24. The van der Waals surface area contributed by atoms with Crippen LogP contribution in [0.25, 0.3) is 11.3 Å². The highest BCUT2D eigenvalue weighted by atomic mass is 35.5. The minimum atomic E-state index is -0.285. The molecule has 0 saturated carbocycles. The fraction of sp³-hybridized carbons (Fsp3) is 0.0526. The Kier molecular flexibility index (Phi) is 5.22. The number of carbonyl (C=O) groups is 1. The van der Waals surface area contributed by atoms with Crippen LogP contribution in [0.5, 0.6) is 0 Å². The van der Waals surface area contributed by atoms with Crippen LogP contribution in [0.3, 0.4) is 0 Å². The van der Waals surface area contributed by atoms with Crippen LogP contribution in [-0.4, -0.2) is 12.1 Å². The van der Waals surface area contributed by atoms with Crippen LogP contribution in [-0.2, 0) is 0 Å². The molecule has 0 unspecified atom stereocenters. The number of hydrazone groups is 1. The number of nitrogens with zero attached hydrogens (tertiary/aromatic N) is 1. The molecule has 4 nitrogen and oxygen atoms in total. The lowest BCUT2D eigenvalue weighted by atomic mass is 10.1. The minimum absolute atomic E-state index is 0.285. The van der Waals surface area contributed by atoms with Gasteiger partial charge in [0.2, 0.25) is 0 Å². The number of benzene rings is 2. The Bertz CT molecular complexity index is 931. The molecule has 0 spiro atoms. The van der Waals surface area contributed by atoms with Gasteiger partial charge in [0, 0.05) is 11.1 Å². The van der Waals surface area contributed by atoms with Gasteiger partial charge in [-0.1, -0.05) is 40.9 Å². The van der Waals surface area contributed by atoms with Crippen LogP contribution in [0.15, 0.2) is 64.1 Å². The molecule has 1 amide bonds. The van der Waals surface area contributed by atoms with Crippen molar-refractivity contribution in [2.75, 3.05) is 0 Å². The summed E-state index contributed by atoms with van der Waals surface area (Å²) in [6.45, 7) is 1.96. The second kappa shape index (κ2) is 7.55. The monoisotopic (exact) mass is 372 g/mol. The molecule has 1 N–H and O–H groups in total. The molecule has 6 heteroatoms. The van der Waals surface area contributed by atoms with E-state index in [4.69, 9.17) is 27.6 Å². The van der Waals surface area contributed by atoms with E-state index in [0.717, 1.165) is 11.1 Å². The third kappa shape index (κ3) is 4.29. The molecular weight excluding hydrogens is 359 g/mol. The van der Waals surface area contributed by atoms with Crippen molar-refractivity contribution in [3.05, 3.63) is 81.5 Å². The summed E-state index contributed by atoms with van der Waals surface area (Å²) in [5.41, 5.74) is 4.90. The lowest BCUT2D eigenvalue weighted by molar-refractivity contribution is 0.0955. The first-order valence-electron chi connectivity index (χ1n) is 7.48. The Hall–Kier alpha value is -2.56. The van der Waals surface area contributed by atoms with E-state index >= 15 is 0 Å². The summed E-state index contributed by atoms with van der Waals surface area (Å²) >= 11 is 11.9. The quantitative estimate of drug-likeness (QED) is 0.497. The van der Waals surface area contributed by atoms with E-state index in [-0.39, 0.29) is 5.91 Å². The topological polar surface area (TPSA) is 54.6 Å². The molecule has 25 heavy (non-hydrogen) atoms. The molecule has 0 bridgehead atoms. The maximum Gasteiger partial charge on any atom is 0.271 e. The lowest BCUT2D eigenvalue weighted by Crippen LogP contribution is -2.17. The van der Waals surface area contributed by atoms with Crippen LogP contribution in [0.1, 0.15) is 21.7 Å². The molecule has 1 aromatic heterocycles. The van der Waals surface area contributed by atoms with Gasteiger partial charge in [-0.05, 0) is 49.4 Å². The second-order valence-electron chi connectivity index (χ2n) is 5.40. The second-order valence-corrected chi connectivity index (χ2v) is 6.21. The fourth-order valence-electron chi connectivity index (χ4n) is 2.15. The average Bonchev–Trinajstić information content (AvgIpc) is 3.07. The molecule has 0 saturated heterocycles. The summed E-state index contributed by atoms with van der Waals surface area (Å²) < 4.78 is 5.67. The number of halogens is 2. The van der Waals surface area contributed by atoms with Gasteiger partial charge < -0.3 is 4.42 Å². The first-order chi connectivity index (χ1) is 12.0. The van der Waals surface area contributed by atoms with Gasteiger partial charge in [-0.15, -0.1) is 0 Å². The Balaban J connectivity index is 1.66. The van der Waals surface area contributed by atoms with E-state index < -0.39 is 0 Å². The number of rotatable bonds is 4. The molecule has 0 radical (unpaired) electrons. The maximum absolute atomic E-state index is 12.0. The van der Waals surface area contributed by atoms with Gasteiger partial charge >= 0.3 is 0 Å².